The van der Waals surface area contributed by atoms with Crippen molar-refractivity contribution in [1.29, 1.82) is 0 Å². The molecule has 2 aromatic rings. The second-order valence-electron chi connectivity index (χ2n) is 5.82. The summed E-state index contributed by atoms with van der Waals surface area (Å²) in [5, 5.41) is 7.68. The van der Waals surface area contributed by atoms with Crippen LogP contribution in [0.2, 0.25) is 5.15 Å². The standard InChI is InChI=1S/C15H22ClN7/c1-4-12-14(16)18-10(2)19-15(12)23-7-5-22(6-8-23)9-13-17-11(3)20-21-13/h4-9H2,1-3H3,(H,17,20,21). The Morgan fingerprint density at radius 1 is 1.09 bits per heavy atom. The normalized spacial score (nSPS) is 16.1. The topological polar surface area (TPSA) is 73.8 Å². The molecule has 3 heterocycles. The van der Waals surface area contributed by atoms with Gasteiger partial charge in [0.25, 0.3) is 0 Å². The van der Waals surface area contributed by atoms with Gasteiger partial charge in [0.15, 0.2) is 5.82 Å². The van der Waals surface area contributed by atoms with Crippen LogP contribution in [0, 0.1) is 13.8 Å². The number of nitrogens with zero attached hydrogens (tertiary/aromatic N) is 6. The highest BCUT2D eigenvalue weighted by atomic mass is 35.5. The molecule has 1 N–H and O–H groups in total. The number of H-pyrrole nitrogens is 1. The lowest BCUT2D eigenvalue weighted by Gasteiger charge is -2.35. The Balaban J connectivity index is 1.67. The Bertz CT molecular complexity index is 676. The molecule has 8 heteroatoms. The van der Waals surface area contributed by atoms with E-state index in [1.165, 1.54) is 0 Å². The number of aromatic amines is 1. The van der Waals surface area contributed by atoms with Crippen LogP contribution in [0.5, 0.6) is 0 Å². The summed E-state index contributed by atoms with van der Waals surface area (Å²) in [4.78, 5) is 17.9. The zero-order valence-electron chi connectivity index (χ0n) is 13.8. The molecule has 7 nitrogen and oxygen atoms in total. The molecule has 0 aliphatic carbocycles. The van der Waals surface area contributed by atoms with Crippen LogP contribution >= 0.6 is 11.6 Å². The van der Waals surface area contributed by atoms with Gasteiger partial charge >= 0.3 is 0 Å². The van der Waals surface area contributed by atoms with Gasteiger partial charge in [-0.1, -0.05) is 18.5 Å². The molecule has 0 saturated carbocycles. The second kappa shape index (κ2) is 6.80. The zero-order valence-corrected chi connectivity index (χ0v) is 14.6. The lowest BCUT2D eigenvalue weighted by atomic mass is 10.2. The van der Waals surface area contributed by atoms with Gasteiger partial charge in [0.2, 0.25) is 0 Å². The average molecular weight is 336 g/mol. The van der Waals surface area contributed by atoms with E-state index in [0.717, 1.165) is 68.0 Å². The number of aromatic nitrogens is 5. The summed E-state index contributed by atoms with van der Waals surface area (Å²) in [5.41, 5.74) is 1.04. The maximum atomic E-state index is 6.28. The molecule has 1 aliphatic rings. The van der Waals surface area contributed by atoms with Crippen molar-refractivity contribution in [3.8, 4) is 0 Å². The number of nitrogens with one attached hydrogen (secondary N) is 1. The van der Waals surface area contributed by atoms with Gasteiger partial charge in [-0.2, -0.15) is 5.10 Å². The third-order valence-corrected chi connectivity index (χ3v) is 4.39. The SMILES string of the molecule is CCc1c(Cl)nc(C)nc1N1CCN(Cc2n[nH]c(C)n2)CC1. The molecule has 0 atom stereocenters. The summed E-state index contributed by atoms with van der Waals surface area (Å²) in [6.45, 7) is 10.4. The Morgan fingerprint density at radius 2 is 1.83 bits per heavy atom. The molecule has 0 unspecified atom stereocenters. The summed E-state index contributed by atoms with van der Waals surface area (Å²) in [5.74, 6) is 3.42. The smallest absolute Gasteiger partial charge is 0.164 e. The number of hydrogen-bond donors (Lipinski definition) is 1. The molecule has 124 valence electrons. The largest absolute Gasteiger partial charge is 0.354 e. The number of hydrogen-bond acceptors (Lipinski definition) is 6. The third kappa shape index (κ3) is 3.61. The molecular formula is C15H22ClN7. The second-order valence-corrected chi connectivity index (χ2v) is 6.18. The van der Waals surface area contributed by atoms with Crippen molar-refractivity contribution in [3.63, 3.8) is 0 Å². The van der Waals surface area contributed by atoms with Crippen molar-refractivity contribution in [2.45, 2.75) is 33.7 Å². The van der Waals surface area contributed by atoms with Gasteiger partial charge in [0.05, 0.1) is 6.54 Å². The average Bonchev–Trinajstić information content (AvgIpc) is 2.92. The van der Waals surface area contributed by atoms with Gasteiger partial charge in [0, 0.05) is 31.7 Å². The number of aryl methyl sites for hydroxylation is 2. The molecule has 1 aliphatic heterocycles. The van der Waals surface area contributed by atoms with E-state index >= 15 is 0 Å². The van der Waals surface area contributed by atoms with E-state index in [-0.39, 0.29) is 0 Å². The highest BCUT2D eigenvalue weighted by Crippen LogP contribution is 2.26. The first kappa shape index (κ1) is 16.1. The van der Waals surface area contributed by atoms with Crippen LogP contribution in [0.1, 0.15) is 30.0 Å². The van der Waals surface area contributed by atoms with Crippen LogP contribution < -0.4 is 4.90 Å². The van der Waals surface area contributed by atoms with E-state index in [0.29, 0.717) is 5.15 Å². The molecule has 23 heavy (non-hydrogen) atoms. The molecule has 0 bridgehead atoms. The minimum Gasteiger partial charge on any atom is -0.354 e. The summed E-state index contributed by atoms with van der Waals surface area (Å²) in [6.07, 6.45) is 0.838. The molecule has 1 saturated heterocycles. The van der Waals surface area contributed by atoms with Crippen LogP contribution in [0.25, 0.3) is 0 Å². The molecule has 0 amide bonds. The number of rotatable bonds is 4. The van der Waals surface area contributed by atoms with Crippen molar-refractivity contribution >= 4 is 17.4 Å². The minimum absolute atomic E-state index is 0.577. The van der Waals surface area contributed by atoms with Crippen molar-refractivity contribution in [2.24, 2.45) is 0 Å². The van der Waals surface area contributed by atoms with Crippen LogP contribution in [0.3, 0.4) is 0 Å². The molecule has 2 aromatic heterocycles. The predicted octanol–water partition coefficient (Wildman–Crippen LogP) is 1.75. The molecule has 0 spiro atoms. The van der Waals surface area contributed by atoms with Crippen LogP contribution in [-0.2, 0) is 13.0 Å². The molecular weight excluding hydrogens is 314 g/mol. The van der Waals surface area contributed by atoms with Crippen molar-refractivity contribution < 1.29 is 0 Å². The molecule has 0 aromatic carbocycles. The molecule has 1 fully saturated rings. The van der Waals surface area contributed by atoms with Gasteiger partial charge in [-0.3, -0.25) is 10.00 Å². The first-order chi connectivity index (χ1) is 11.1. The minimum atomic E-state index is 0.577. The number of anilines is 1. The summed E-state index contributed by atoms with van der Waals surface area (Å²) < 4.78 is 0. The van der Waals surface area contributed by atoms with E-state index in [4.69, 9.17) is 11.6 Å². The zero-order chi connectivity index (χ0) is 16.4. The lowest BCUT2D eigenvalue weighted by Crippen LogP contribution is -2.46. The molecule has 0 radical (unpaired) electrons. The highest BCUT2D eigenvalue weighted by Gasteiger charge is 2.22. The summed E-state index contributed by atoms with van der Waals surface area (Å²) >= 11 is 6.28. The van der Waals surface area contributed by atoms with Gasteiger partial charge in [-0.05, 0) is 20.3 Å². The maximum Gasteiger partial charge on any atom is 0.164 e. The Labute approximate surface area is 141 Å². The van der Waals surface area contributed by atoms with Crippen molar-refractivity contribution in [2.75, 3.05) is 31.1 Å². The van der Waals surface area contributed by atoms with Gasteiger partial charge in [-0.25, -0.2) is 15.0 Å². The van der Waals surface area contributed by atoms with Crippen LogP contribution in [0.15, 0.2) is 0 Å². The van der Waals surface area contributed by atoms with Crippen molar-refractivity contribution in [1.82, 2.24) is 30.0 Å². The van der Waals surface area contributed by atoms with Crippen LogP contribution in [0.4, 0.5) is 5.82 Å². The number of halogens is 1. The van der Waals surface area contributed by atoms with Gasteiger partial charge < -0.3 is 4.90 Å². The van der Waals surface area contributed by atoms with Crippen LogP contribution in [-0.4, -0.2) is 56.2 Å². The monoisotopic (exact) mass is 335 g/mol. The van der Waals surface area contributed by atoms with E-state index in [9.17, 15) is 0 Å². The van der Waals surface area contributed by atoms with Crippen molar-refractivity contribution in [3.05, 3.63) is 28.2 Å². The number of piperazine rings is 1. The third-order valence-electron chi connectivity index (χ3n) is 4.08. The fourth-order valence-corrected chi connectivity index (χ4v) is 3.23. The van der Waals surface area contributed by atoms with E-state index < -0.39 is 0 Å². The fourth-order valence-electron chi connectivity index (χ4n) is 2.89. The Morgan fingerprint density at radius 3 is 2.43 bits per heavy atom. The molecule has 3 rings (SSSR count). The fraction of sp³-hybridized carbons (Fsp3) is 0.600. The van der Waals surface area contributed by atoms with E-state index in [2.05, 4.69) is 41.9 Å². The van der Waals surface area contributed by atoms with E-state index in [1.807, 2.05) is 13.8 Å². The summed E-state index contributed by atoms with van der Waals surface area (Å²) in [7, 11) is 0. The summed E-state index contributed by atoms with van der Waals surface area (Å²) in [6, 6.07) is 0. The lowest BCUT2D eigenvalue weighted by molar-refractivity contribution is 0.243. The Hall–Kier alpha value is -1.73. The van der Waals surface area contributed by atoms with Gasteiger partial charge in [0.1, 0.15) is 22.6 Å². The maximum absolute atomic E-state index is 6.28. The van der Waals surface area contributed by atoms with Gasteiger partial charge in [-0.15, -0.1) is 0 Å². The Kier molecular flexibility index (Phi) is 4.77. The highest BCUT2D eigenvalue weighted by molar-refractivity contribution is 6.30. The quantitative estimate of drug-likeness (QED) is 0.858. The first-order valence-corrected chi connectivity index (χ1v) is 8.32. The van der Waals surface area contributed by atoms with E-state index in [1.54, 1.807) is 0 Å². The first-order valence-electron chi connectivity index (χ1n) is 7.95. The predicted molar refractivity (Wildman–Crippen MR) is 89.8 cm³/mol.